The highest BCUT2D eigenvalue weighted by Crippen LogP contribution is 2.21. The Morgan fingerprint density at radius 2 is 1.90 bits per heavy atom. The minimum absolute atomic E-state index is 0. The van der Waals surface area contributed by atoms with Gasteiger partial charge in [0.15, 0.2) is 5.96 Å². The molecular formula is C19H31IN4O4S. The maximum absolute atomic E-state index is 12.3. The van der Waals surface area contributed by atoms with Gasteiger partial charge in [-0.05, 0) is 31.9 Å². The molecule has 2 aliphatic heterocycles. The molecule has 0 spiro atoms. The van der Waals surface area contributed by atoms with Gasteiger partial charge in [-0.2, -0.15) is 0 Å². The van der Waals surface area contributed by atoms with Crippen LogP contribution in [0.25, 0.3) is 0 Å². The lowest BCUT2D eigenvalue weighted by molar-refractivity contribution is -0.0816. The van der Waals surface area contributed by atoms with Crippen molar-refractivity contribution in [3.8, 4) is 0 Å². The minimum atomic E-state index is -3.51. The average molecular weight is 538 g/mol. The number of sulfonamides is 1. The van der Waals surface area contributed by atoms with E-state index in [0.717, 1.165) is 44.1 Å². The minimum Gasteiger partial charge on any atom is -0.375 e. The molecule has 1 aromatic rings. The first kappa shape index (κ1) is 24.3. The van der Waals surface area contributed by atoms with E-state index in [1.54, 1.807) is 31.3 Å². The fourth-order valence-electron chi connectivity index (χ4n) is 3.48. The second-order valence-corrected chi connectivity index (χ2v) is 8.86. The molecule has 164 valence electrons. The van der Waals surface area contributed by atoms with Crippen molar-refractivity contribution < 1.29 is 17.9 Å². The topological polar surface area (TPSA) is 92.3 Å². The van der Waals surface area contributed by atoms with Crippen LogP contribution in [0.4, 0.5) is 0 Å². The third kappa shape index (κ3) is 6.78. The van der Waals surface area contributed by atoms with E-state index in [-0.39, 0.29) is 47.6 Å². The van der Waals surface area contributed by atoms with Gasteiger partial charge in [0.25, 0.3) is 0 Å². The van der Waals surface area contributed by atoms with Gasteiger partial charge in [0.1, 0.15) is 6.10 Å². The summed E-state index contributed by atoms with van der Waals surface area (Å²) < 4.78 is 38.9. The molecule has 1 aromatic carbocycles. The van der Waals surface area contributed by atoms with Crippen LogP contribution >= 0.6 is 24.0 Å². The van der Waals surface area contributed by atoms with Crippen LogP contribution in [0.2, 0.25) is 0 Å². The molecule has 29 heavy (non-hydrogen) atoms. The summed E-state index contributed by atoms with van der Waals surface area (Å²) in [5, 5.41) is 3.24. The molecule has 2 atom stereocenters. The molecule has 2 saturated heterocycles. The largest absolute Gasteiger partial charge is 0.375 e. The van der Waals surface area contributed by atoms with Gasteiger partial charge in [-0.1, -0.05) is 17.7 Å². The molecule has 0 amide bonds. The van der Waals surface area contributed by atoms with Crippen LogP contribution in [-0.2, 0) is 19.5 Å². The molecule has 0 radical (unpaired) electrons. The zero-order chi connectivity index (χ0) is 20.0. The smallest absolute Gasteiger partial charge is 0.240 e. The van der Waals surface area contributed by atoms with Crippen molar-refractivity contribution in [3.05, 3.63) is 29.8 Å². The van der Waals surface area contributed by atoms with Crippen molar-refractivity contribution in [1.82, 2.24) is 14.9 Å². The highest BCUT2D eigenvalue weighted by atomic mass is 127. The Kier molecular flexibility index (Phi) is 9.60. The van der Waals surface area contributed by atoms with Crippen LogP contribution < -0.4 is 10.0 Å². The van der Waals surface area contributed by atoms with Gasteiger partial charge in [0.2, 0.25) is 10.0 Å². The molecule has 0 bridgehead atoms. The Morgan fingerprint density at radius 3 is 2.55 bits per heavy atom. The zero-order valence-electron chi connectivity index (χ0n) is 17.0. The molecule has 10 heteroatoms. The molecular weight excluding hydrogens is 507 g/mol. The van der Waals surface area contributed by atoms with Crippen LogP contribution in [0.15, 0.2) is 34.2 Å². The van der Waals surface area contributed by atoms with Gasteiger partial charge in [-0.25, -0.2) is 13.1 Å². The molecule has 2 aliphatic rings. The van der Waals surface area contributed by atoms with Crippen molar-refractivity contribution >= 4 is 40.0 Å². The summed E-state index contributed by atoms with van der Waals surface area (Å²) in [5.74, 6) is 0.751. The molecule has 2 fully saturated rings. The van der Waals surface area contributed by atoms with Crippen molar-refractivity contribution in [3.63, 3.8) is 0 Å². The Bertz CT molecular complexity index is 767. The third-order valence-electron chi connectivity index (χ3n) is 5.02. The molecule has 0 aliphatic carbocycles. The fraction of sp³-hybridized carbons (Fsp3) is 0.632. The van der Waals surface area contributed by atoms with Gasteiger partial charge in [-0.3, -0.25) is 4.99 Å². The Hall–Kier alpha value is -0.950. The summed E-state index contributed by atoms with van der Waals surface area (Å²) in [6.07, 6.45) is 2.32. The molecule has 3 rings (SSSR count). The molecule has 2 heterocycles. The number of guanidine groups is 1. The zero-order valence-corrected chi connectivity index (χ0v) is 20.1. The predicted octanol–water partition coefficient (Wildman–Crippen LogP) is 1.35. The third-order valence-corrected chi connectivity index (χ3v) is 6.49. The van der Waals surface area contributed by atoms with Gasteiger partial charge >= 0.3 is 0 Å². The van der Waals surface area contributed by atoms with Crippen LogP contribution in [0.3, 0.4) is 0 Å². The Labute approximate surface area is 190 Å². The average Bonchev–Trinajstić information content (AvgIpc) is 3.23. The lowest BCUT2D eigenvalue weighted by Gasteiger charge is -2.37. The molecule has 0 saturated carbocycles. The number of nitrogens with one attached hydrogen (secondary N) is 2. The van der Waals surface area contributed by atoms with E-state index < -0.39 is 10.0 Å². The summed E-state index contributed by atoms with van der Waals surface area (Å²) in [7, 11) is -1.77. The Morgan fingerprint density at radius 1 is 1.17 bits per heavy atom. The standard InChI is InChI=1S/C19H30N4O4S.HI/c1-15-5-7-16(8-6-15)28(24,25)22-10-9-21-19(20-2)23-11-13-27-18(14-23)17-4-3-12-26-17;/h5-8,17-18,22H,3-4,9-14H2,1-2H3,(H,20,21);1H. The van der Waals surface area contributed by atoms with Crippen molar-refractivity contribution in [2.24, 2.45) is 4.99 Å². The van der Waals surface area contributed by atoms with E-state index in [1.165, 1.54) is 0 Å². The summed E-state index contributed by atoms with van der Waals surface area (Å²) >= 11 is 0. The van der Waals surface area contributed by atoms with Crippen molar-refractivity contribution in [1.29, 1.82) is 0 Å². The monoisotopic (exact) mass is 538 g/mol. The quantitative estimate of drug-likeness (QED) is 0.246. The van der Waals surface area contributed by atoms with Gasteiger partial charge in [0.05, 0.1) is 17.6 Å². The van der Waals surface area contributed by atoms with E-state index in [0.29, 0.717) is 13.2 Å². The first-order valence-electron chi connectivity index (χ1n) is 9.75. The highest BCUT2D eigenvalue weighted by Gasteiger charge is 2.32. The number of rotatable bonds is 6. The number of nitrogens with zero attached hydrogens (tertiary/aromatic N) is 2. The fourth-order valence-corrected chi connectivity index (χ4v) is 4.51. The van der Waals surface area contributed by atoms with Crippen LogP contribution in [0, 0.1) is 6.92 Å². The second kappa shape index (κ2) is 11.4. The first-order chi connectivity index (χ1) is 13.5. The van der Waals surface area contributed by atoms with Crippen molar-refractivity contribution in [2.45, 2.75) is 36.9 Å². The summed E-state index contributed by atoms with van der Waals surface area (Å²) in [6.45, 7) is 5.55. The second-order valence-electron chi connectivity index (χ2n) is 7.09. The van der Waals surface area contributed by atoms with Gasteiger partial charge in [-0.15, -0.1) is 24.0 Å². The lowest BCUT2D eigenvalue weighted by atomic mass is 10.1. The molecule has 0 aromatic heterocycles. The predicted molar refractivity (Wildman–Crippen MR) is 123 cm³/mol. The SMILES string of the molecule is CN=C(NCCNS(=O)(=O)c1ccc(C)cc1)N1CCOC(C2CCCO2)C1.I. The summed E-state index contributed by atoms with van der Waals surface area (Å²) in [5.41, 5.74) is 1.02. The van der Waals surface area contributed by atoms with E-state index in [1.807, 2.05) is 6.92 Å². The Balaban J connectivity index is 0.00000300. The summed E-state index contributed by atoms with van der Waals surface area (Å²) in [6, 6.07) is 6.81. The number of hydrogen-bond donors (Lipinski definition) is 2. The first-order valence-corrected chi connectivity index (χ1v) is 11.2. The lowest BCUT2D eigenvalue weighted by Crippen LogP contribution is -2.54. The number of aryl methyl sites for hydroxylation is 1. The molecule has 8 nitrogen and oxygen atoms in total. The number of morpholine rings is 1. The molecule has 2 unspecified atom stereocenters. The van der Waals surface area contributed by atoms with E-state index in [2.05, 4.69) is 19.9 Å². The van der Waals surface area contributed by atoms with Gasteiger partial charge in [0, 0.05) is 39.8 Å². The molecule has 2 N–H and O–H groups in total. The normalized spacial score (nSPS) is 23.0. The number of hydrogen-bond acceptors (Lipinski definition) is 5. The van der Waals surface area contributed by atoms with Gasteiger partial charge < -0.3 is 19.7 Å². The highest BCUT2D eigenvalue weighted by molar-refractivity contribution is 14.0. The van der Waals surface area contributed by atoms with E-state index >= 15 is 0 Å². The van der Waals surface area contributed by atoms with E-state index in [9.17, 15) is 8.42 Å². The van der Waals surface area contributed by atoms with E-state index in [4.69, 9.17) is 9.47 Å². The van der Waals surface area contributed by atoms with Crippen LogP contribution in [-0.4, -0.2) is 77.9 Å². The maximum atomic E-state index is 12.3. The van der Waals surface area contributed by atoms with Crippen molar-refractivity contribution in [2.75, 3.05) is 46.4 Å². The number of aliphatic imine (C=N–C) groups is 1. The number of halogens is 1. The van der Waals surface area contributed by atoms with Crippen LogP contribution in [0.1, 0.15) is 18.4 Å². The maximum Gasteiger partial charge on any atom is 0.240 e. The number of benzene rings is 1. The number of ether oxygens (including phenoxy) is 2. The summed E-state index contributed by atoms with van der Waals surface area (Å²) in [4.78, 5) is 6.75. The van der Waals surface area contributed by atoms with Crippen LogP contribution in [0.5, 0.6) is 0 Å².